The van der Waals surface area contributed by atoms with E-state index < -0.39 is 10.8 Å². The van der Waals surface area contributed by atoms with Gasteiger partial charge in [-0.3, -0.25) is 14.9 Å². The number of amides is 1. The average molecular weight is 326 g/mol. The van der Waals surface area contributed by atoms with Crippen molar-refractivity contribution in [2.24, 2.45) is 0 Å². The lowest BCUT2D eigenvalue weighted by Gasteiger charge is -2.03. The normalized spacial score (nSPS) is 10.4. The molecule has 1 amide bonds. The molecule has 24 heavy (non-hydrogen) atoms. The SMILES string of the molecule is O=C(Nc1ccc(F)cc1)c1cnn(-c2ccc([N+](=O)[O-])cc2)c1. The molecular weight excluding hydrogens is 315 g/mol. The van der Waals surface area contributed by atoms with Gasteiger partial charge in [0.15, 0.2) is 0 Å². The van der Waals surface area contributed by atoms with E-state index in [2.05, 4.69) is 10.4 Å². The fraction of sp³-hybridized carbons (Fsp3) is 0. The van der Waals surface area contributed by atoms with Crippen molar-refractivity contribution in [3.8, 4) is 5.69 Å². The van der Waals surface area contributed by atoms with E-state index in [0.717, 1.165) is 0 Å². The van der Waals surface area contributed by atoms with Crippen LogP contribution in [0.1, 0.15) is 10.4 Å². The summed E-state index contributed by atoms with van der Waals surface area (Å²) in [5, 5.41) is 17.3. The van der Waals surface area contributed by atoms with Gasteiger partial charge in [-0.15, -0.1) is 0 Å². The highest BCUT2D eigenvalue weighted by molar-refractivity contribution is 6.03. The highest BCUT2D eigenvalue weighted by Gasteiger charge is 2.11. The number of benzene rings is 2. The maximum Gasteiger partial charge on any atom is 0.269 e. The lowest BCUT2D eigenvalue weighted by atomic mass is 10.2. The third kappa shape index (κ3) is 3.27. The molecule has 0 saturated carbocycles. The molecule has 2 aromatic carbocycles. The summed E-state index contributed by atoms with van der Waals surface area (Å²) in [7, 11) is 0. The molecule has 1 aromatic heterocycles. The summed E-state index contributed by atoms with van der Waals surface area (Å²) in [5.41, 5.74) is 1.32. The van der Waals surface area contributed by atoms with Crippen molar-refractivity contribution >= 4 is 17.3 Å². The zero-order valence-corrected chi connectivity index (χ0v) is 12.2. The average Bonchev–Trinajstić information content (AvgIpc) is 3.07. The molecule has 0 bridgehead atoms. The van der Waals surface area contributed by atoms with Gasteiger partial charge < -0.3 is 5.32 Å². The zero-order valence-electron chi connectivity index (χ0n) is 12.2. The Labute approximate surface area is 135 Å². The van der Waals surface area contributed by atoms with E-state index in [-0.39, 0.29) is 11.5 Å². The van der Waals surface area contributed by atoms with Crippen LogP contribution in [0.4, 0.5) is 15.8 Å². The van der Waals surface area contributed by atoms with Crippen LogP contribution in [0.2, 0.25) is 0 Å². The van der Waals surface area contributed by atoms with Crippen LogP contribution in [-0.2, 0) is 0 Å². The lowest BCUT2D eigenvalue weighted by molar-refractivity contribution is -0.384. The summed E-state index contributed by atoms with van der Waals surface area (Å²) in [6.07, 6.45) is 2.88. The van der Waals surface area contributed by atoms with Crippen LogP contribution in [0, 0.1) is 15.9 Å². The molecule has 1 heterocycles. The Morgan fingerprint density at radius 3 is 2.42 bits per heavy atom. The highest BCUT2D eigenvalue weighted by Crippen LogP contribution is 2.16. The van der Waals surface area contributed by atoms with Gasteiger partial charge in [0.25, 0.3) is 11.6 Å². The lowest BCUT2D eigenvalue weighted by Crippen LogP contribution is -2.11. The molecule has 3 aromatic rings. The van der Waals surface area contributed by atoms with Crippen molar-refractivity contribution < 1.29 is 14.1 Å². The molecule has 0 fully saturated rings. The smallest absolute Gasteiger partial charge is 0.269 e. The van der Waals surface area contributed by atoms with Crippen molar-refractivity contribution in [3.63, 3.8) is 0 Å². The van der Waals surface area contributed by atoms with Gasteiger partial charge in [-0.1, -0.05) is 0 Å². The van der Waals surface area contributed by atoms with E-state index in [1.807, 2.05) is 0 Å². The van der Waals surface area contributed by atoms with Crippen LogP contribution in [-0.4, -0.2) is 20.6 Å². The first-order chi connectivity index (χ1) is 11.5. The minimum Gasteiger partial charge on any atom is -0.322 e. The van der Waals surface area contributed by atoms with Gasteiger partial charge in [-0.05, 0) is 36.4 Å². The number of carbonyl (C=O) groups is 1. The van der Waals surface area contributed by atoms with E-state index in [9.17, 15) is 19.3 Å². The minimum absolute atomic E-state index is 0.0276. The Bertz CT molecular complexity index is 888. The van der Waals surface area contributed by atoms with Crippen LogP contribution >= 0.6 is 0 Å². The Kier molecular flexibility index (Phi) is 4.02. The topological polar surface area (TPSA) is 90.1 Å². The molecule has 7 nitrogen and oxygen atoms in total. The summed E-state index contributed by atoms with van der Waals surface area (Å²) in [5.74, 6) is -0.784. The Hall–Kier alpha value is -3.55. The number of nitrogens with one attached hydrogen (secondary N) is 1. The largest absolute Gasteiger partial charge is 0.322 e. The van der Waals surface area contributed by atoms with E-state index in [1.165, 1.54) is 65.6 Å². The molecule has 120 valence electrons. The second-order valence-corrected chi connectivity index (χ2v) is 4.91. The fourth-order valence-electron chi connectivity index (χ4n) is 2.04. The maximum absolute atomic E-state index is 12.8. The van der Waals surface area contributed by atoms with Crippen LogP contribution in [0.25, 0.3) is 5.69 Å². The number of anilines is 1. The number of nitrogens with zero attached hydrogens (tertiary/aromatic N) is 3. The molecule has 0 aliphatic heterocycles. The number of carbonyl (C=O) groups excluding carboxylic acids is 1. The van der Waals surface area contributed by atoms with Crippen molar-refractivity contribution in [2.75, 3.05) is 5.32 Å². The van der Waals surface area contributed by atoms with Gasteiger partial charge in [-0.25, -0.2) is 9.07 Å². The monoisotopic (exact) mass is 326 g/mol. The fourth-order valence-corrected chi connectivity index (χ4v) is 2.04. The van der Waals surface area contributed by atoms with Crippen LogP contribution in [0.15, 0.2) is 60.9 Å². The van der Waals surface area contributed by atoms with Gasteiger partial charge in [0.1, 0.15) is 5.82 Å². The van der Waals surface area contributed by atoms with Crippen molar-refractivity contribution in [2.45, 2.75) is 0 Å². The number of non-ortho nitro benzene ring substituents is 1. The van der Waals surface area contributed by atoms with Crippen LogP contribution in [0.5, 0.6) is 0 Å². The number of nitro benzene ring substituents is 1. The number of hydrogen-bond acceptors (Lipinski definition) is 4. The maximum atomic E-state index is 12.8. The molecule has 0 saturated heterocycles. The van der Waals surface area contributed by atoms with E-state index in [0.29, 0.717) is 16.9 Å². The summed E-state index contributed by atoms with van der Waals surface area (Å²) in [6, 6.07) is 11.2. The Morgan fingerprint density at radius 1 is 1.12 bits per heavy atom. The van der Waals surface area contributed by atoms with Crippen LogP contribution in [0.3, 0.4) is 0 Å². The van der Waals surface area contributed by atoms with E-state index >= 15 is 0 Å². The van der Waals surface area contributed by atoms with Gasteiger partial charge in [0, 0.05) is 24.0 Å². The predicted molar refractivity (Wildman–Crippen MR) is 84.6 cm³/mol. The first-order valence-corrected chi connectivity index (χ1v) is 6.89. The molecule has 0 radical (unpaired) electrons. The standard InChI is InChI=1S/C16H11FN4O3/c17-12-1-3-13(4-2-12)19-16(22)11-9-18-20(10-11)14-5-7-15(8-6-14)21(23)24/h1-10H,(H,19,22). The number of aromatic nitrogens is 2. The second-order valence-electron chi connectivity index (χ2n) is 4.91. The molecule has 8 heteroatoms. The van der Waals surface area contributed by atoms with Crippen LogP contribution < -0.4 is 5.32 Å². The third-order valence-electron chi connectivity index (χ3n) is 3.27. The summed E-state index contributed by atoms with van der Waals surface area (Å²) in [4.78, 5) is 22.3. The molecule has 0 unspecified atom stereocenters. The van der Waals surface area contributed by atoms with E-state index in [4.69, 9.17) is 0 Å². The Morgan fingerprint density at radius 2 is 1.79 bits per heavy atom. The van der Waals surface area contributed by atoms with E-state index in [1.54, 1.807) is 0 Å². The number of rotatable bonds is 4. The number of halogens is 1. The predicted octanol–water partition coefficient (Wildman–Crippen LogP) is 3.17. The molecule has 0 aliphatic rings. The van der Waals surface area contributed by atoms with Gasteiger partial charge in [0.05, 0.1) is 22.4 Å². The first kappa shape index (κ1) is 15.3. The zero-order chi connectivity index (χ0) is 17.1. The molecule has 0 spiro atoms. The highest BCUT2D eigenvalue weighted by atomic mass is 19.1. The van der Waals surface area contributed by atoms with Gasteiger partial charge in [0.2, 0.25) is 0 Å². The summed E-state index contributed by atoms with van der Waals surface area (Å²) < 4.78 is 14.3. The molecule has 0 atom stereocenters. The molecule has 3 rings (SSSR count). The third-order valence-corrected chi connectivity index (χ3v) is 3.27. The quantitative estimate of drug-likeness (QED) is 0.589. The number of hydrogen-bond donors (Lipinski definition) is 1. The Balaban J connectivity index is 1.75. The first-order valence-electron chi connectivity index (χ1n) is 6.89. The molecule has 1 N–H and O–H groups in total. The molecule has 0 aliphatic carbocycles. The van der Waals surface area contributed by atoms with Crippen molar-refractivity contribution in [1.82, 2.24) is 9.78 Å². The van der Waals surface area contributed by atoms with Gasteiger partial charge >= 0.3 is 0 Å². The minimum atomic E-state index is -0.492. The molecular formula is C16H11FN4O3. The van der Waals surface area contributed by atoms with Crippen molar-refractivity contribution in [3.05, 3.63) is 82.4 Å². The summed E-state index contributed by atoms with van der Waals surface area (Å²) in [6.45, 7) is 0. The number of nitro groups is 1. The van der Waals surface area contributed by atoms with Gasteiger partial charge in [-0.2, -0.15) is 5.10 Å². The summed E-state index contributed by atoms with van der Waals surface area (Å²) >= 11 is 0. The van der Waals surface area contributed by atoms with Crippen molar-refractivity contribution in [1.29, 1.82) is 0 Å². The second kappa shape index (κ2) is 6.29.